The Morgan fingerprint density at radius 3 is 1.83 bits per heavy atom. The van der Waals surface area contributed by atoms with Gasteiger partial charge in [0.2, 0.25) is 18.6 Å². The fraction of sp³-hybridized carbons (Fsp3) is 0.420. The predicted molar refractivity (Wildman–Crippen MR) is 252 cm³/mol. The molecule has 0 bridgehead atoms. The van der Waals surface area contributed by atoms with Crippen molar-refractivity contribution in [3.05, 3.63) is 95.8 Å². The number of nitrogens with zero attached hydrogens (tertiary/aromatic N) is 5. The molecule has 3 aromatic carbocycles. The third-order valence-corrected chi connectivity index (χ3v) is 13.3. The van der Waals surface area contributed by atoms with E-state index in [-0.39, 0.29) is 50.0 Å². The number of ether oxygens (including phenoxy) is 6. The zero-order valence-corrected chi connectivity index (χ0v) is 39.9. The largest absolute Gasteiger partial charge is 0.454 e. The van der Waals surface area contributed by atoms with E-state index in [4.69, 9.17) is 33.4 Å². The zero-order valence-electron chi connectivity index (χ0n) is 39.9. The molecule has 9 rings (SSSR count). The maximum Gasteiger partial charge on any atom is 0.410 e. The van der Waals surface area contributed by atoms with Gasteiger partial charge in [0.25, 0.3) is 0 Å². The van der Waals surface area contributed by atoms with Gasteiger partial charge >= 0.3 is 18.3 Å². The van der Waals surface area contributed by atoms with Gasteiger partial charge in [-0.1, -0.05) is 82.3 Å². The topological polar surface area (TPSA) is 232 Å². The lowest BCUT2D eigenvalue weighted by molar-refractivity contribution is -0.143. The summed E-state index contributed by atoms with van der Waals surface area (Å²) >= 11 is 0. The molecule has 4 N–H and O–H groups in total. The SMILES string of the molecule is COC(=O)NC(C(=O)N1CCOC[C@H]1c1ncc(-c2ccc(-c3ccc(-c4cnc([C@@H]5C[C@H](OC(=O)N6Cc7ccc8c(c7C6)OCO8)CN5C(=O)[C@@H](NC(=O)OC)C(C)C)[nH]4)cc3)cc2)[nH]1)C(C)C. The number of amides is 5. The van der Waals surface area contributed by atoms with Gasteiger partial charge in [0.1, 0.15) is 35.9 Å². The molecule has 20 nitrogen and oxygen atoms in total. The summed E-state index contributed by atoms with van der Waals surface area (Å²) in [5.41, 5.74) is 7.08. The van der Waals surface area contributed by atoms with Crippen LogP contribution in [0.1, 0.15) is 69.0 Å². The molecule has 4 aliphatic rings. The fourth-order valence-corrected chi connectivity index (χ4v) is 9.42. The van der Waals surface area contributed by atoms with E-state index in [9.17, 15) is 24.0 Å². The first-order chi connectivity index (χ1) is 33.8. The smallest absolute Gasteiger partial charge is 0.410 e. The van der Waals surface area contributed by atoms with Crippen LogP contribution in [0.4, 0.5) is 14.4 Å². The highest BCUT2D eigenvalue weighted by Crippen LogP contribution is 2.42. The van der Waals surface area contributed by atoms with Crippen LogP contribution in [0.15, 0.2) is 73.1 Å². The average Bonchev–Trinajstić information content (AvgIpc) is 4.24. The van der Waals surface area contributed by atoms with Crippen LogP contribution in [0.2, 0.25) is 0 Å². The number of nitrogens with one attached hydrogen (secondary N) is 4. The van der Waals surface area contributed by atoms with E-state index in [1.54, 1.807) is 27.1 Å². The molecular weight excluding hydrogens is 903 g/mol. The molecule has 368 valence electrons. The van der Waals surface area contributed by atoms with Gasteiger partial charge in [0.15, 0.2) is 11.5 Å². The minimum absolute atomic E-state index is 0.0884. The highest BCUT2D eigenvalue weighted by atomic mass is 16.7. The molecule has 2 fully saturated rings. The number of morpholine rings is 1. The van der Waals surface area contributed by atoms with E-state index in [0.29, 0.717) is 49.4 Å². The van der Waals surface area contributed by atoms with Crippen molar-refractivity contribution in [2.75, 3.05) is 47.3 Å². The zero-order chi connectivity index (χ0) is 49.2. The van der Waals surface area contributed by atoms with Crippen molar-refractivity contribution in [2.24, 2.45) is 11.8 Å². The molecule has 2 aromatic heterocycles. The number of aromatic amines is 2. The van der Waals surface area contributed by atoms with E-state index in [1.165, 1.54) is 14.2 Å². The Hall–Kier alpha value is -7.61. The summed E-state index contributed by atoms with van der Waals surface area (Å²) in [5, 5.41) is 5.35. The van der Waals surface area contributed by atoms with Crippen LogP contribution in [-0.2, 0) is 41.6 Å². The molecule has 5 atom stereocenters. The number of H-pyrrole nitrogens is 2. The number of aromatic nitrogens is 4. The van der Waals surface area contributed by atoms with Crippen molar-refractivity contribution in [3.8, 4) is 45.1 Å². The Bertz CT molecular complexity index is 2740. The molecule has 0 saturated carbocycles. The number of rotatable bonds is 12. The fourth-order valence-electron chi connectivity index (χ4n) is 9.42. The Balaban J connectivity index is 0.878. The van der Waals surface area contributed by atoms with Gasteiger partial charge in [-0.05, 0) is 45.7 Å². The average molecular weight is 960 g/mol. The van der Waals surface area contributed by atoms with Gasteiger partial charge in [-0.25, -0.2) is 24.4 Å². The molecule has 4 aliphatic heterocycles. The lowest BCUT2D eigenvalue weighted by atomic mass is 10.0. The standard InChI is InChI=1S/C50H57N9O11/c1-27(2)41(55-48(62)65-5)46(60)58-17-18-67-25-39(58)45-52-21-37(54-45)32-13-9-30(10-14-32)29-7-11-31(12-8-29)36-20-51-44(53-36)38-19-34(23-59(38)47(61)42(28(3)4)56-49(63)66-6)70-50(64)57-22-33-15-16-40-43(35(33)24-57)69-26-68-40/h7-16,20-21,27-28,34,38-39,41-42H,17-19,22-26H2,1-6H3,(H,51,53)(H,52,54)(H,55,62)(H,56,63)/t34-,38-,39-,41?,42-/m0/s1. The molecule has 0 radical (unpaired) electrons. The van der Waals surface area contributed by atoms with Gasteiger partial charge in [-0.15, -0.1) is 0 Å². The van der Waals surface area contributed by atoms with Crippen molar-refractivity contribution < 1.29 is 52.4 Å². The number of benzene rings is 3. The highest BCUT2D eigenvalue weighted by molar-refractivity contribution is 5.87. The minimum atomic E-state index is -0.906. The van der Waals surface area contributed by atoms with Crippen LogP contribution in [-0.4, -0.2) is 130 Å². The Morgan fingerprint density at radius 2 is 1.26 bits per heavy atom. The van der Waals surface area contributed by atoms with Crippen LogP contribution < -0.4 is 20.1 Å². The summed E-state index contributed by atoms with van der Waals surface area (Å²) in [6.45, 7) is 9.25. The van der Waals surface area contributed by atoms with Crippen LogP contribution in [0.25, 0.3) is 33.6 Å². The molecule has 20 heteroatoms. The predicted octanol–water partition coefficient (Wildman–Crippen LogP) is 6.32. The summed E-state index contributed by atoms with van der Waals surface area (Å²) in [6.07, 6.45) is 1.16. The molecule has 6 heterocycles. The Morgan fingerprint density at radius 1 is 0.700 bits per heavy atom. The molecule has 2 saturated heterocycles. The number of alkyl carbamates (subject to hydrolysis) is 2. The van der Waals surface area contributed by atoms with Gasteiger partial charge in [0, 0.05) is 25.1 Å². The lowest BCUT2D eigenvalue weighted by Crippen LogP contribution is -2.54. The number of hydrogen-bond acceptors (Lipinski definition) is 13. The van der Waals surface area contributed by atoms with Crippen molar-refractivity contribution in [2.45, 2.75) is 77.5 Å². The monoisotopic (exact) mass is 959 g/mol. The van der Waals surface area contributed by atoms with Crippen LogP contribution in [0.3, 0.4) is 0 Å². The number of likely N-dealkylation sites (tertiary alicyclic amines) is 1. The quantitative estimate of drug-likeness (QED) is 0.101. The highest BCUT2D eigenvalue weighted by Gasteiger charge is 2.44. The lowest BCUT2D eigenvalue weighted by Gasteiger charge is -2.37. The molecule has 0 aliphatic carbocycles. The van der Waals surface area contributed by atoms with Crippen LogP contribution in [0, 0.1) is 11.8 Å². The number of hydrogen-bond donors (Lipinski definition) is 4. The van der Waals surface area contributed by atoms with Crippen molar-refractivity contribution in [1.82, 2.24) is 45.3 Å². The van der Waals surface area contributed by atoms with E-state index in [2.05, 4.69) is 25.6 Å². The first kappa shape index (κ1) is 47.5. The third-order valence-electron chi connectivity index (χ3n) is 13.3. The normalized spacial score (nSPS) is 19.2. The van der Waals surface area contributed by atoms with Crippen LogP contribution in [0.5, 0.6) is 11.5 Å². The van der Waals surface area contributed by atoms with Gasteiger partial charge in [0.05, 0.1) is 70.3 Å². The van der Waals surface area contributed by atoms with E-state index in [0.717, 1.165) is 44.8 Å². The maximum atomic E-state index is 14.3. The number of methoxy groups -OCH3 is 2. The van der Waals surface area contributed by atoms with Crippen molar-refractivity contribution in [1.29, 1.82) is 0 Å². The second-order valence-electron chi connectivity index (χ2n) is 18.4. The second kappa shape index (κ2) is 20.2. The molecular formula is C50H57N9O11. The van der Waals surface area contributed by atoms with Crippen molar-refractivity contribution >= 4 is 30.1 Å². The van der Waals surface area contributed by atoms with Gasteiger partial charge in [-0.3, -0.25) is 14.5 Å². The number of carbonyl (C=O) groups excluding carboxylic acids is 5. The molecule has 0 spiro atoms. The number of carbonyl (C=O) groups is 5. The van der Waals surface area contributed by atoms with E-state index < -0.39 is 48.6 Å². The summed E-state index contributed by atoms with van der Waals surface area (Å²) in [5.74, 6) is 1.35. The third kappa shape index (κ3) is 9.67. The maximum absolute atomic E-state index is 14.3. The van der Waals surface area contributed by atoms with E-state index in [1.807, 2.05) is 88.4 Å². The number of fused-ring (bicyclic) bond motifs is 3. The molecule has 5 aromatic rings. The Kier molecular flexibility index (Phi) is 13.7. The first-order valence-electron chi connectivity index (χ1n) is 23.3. The molecule has 70 heavy (non-hydrogen) atoms. The molecule has 5 amide bonds. The van der Waals surface area contributed by atoms with Crippen molar-refractivity contribution in [3.63, 3.8) is 0 Å². The summed E-state index contributed by atoms with van der Waals surface area (Å²) in [4.78, 5) is 87.2. The number of imidazole rings is 2. The van der Waals surface area contributed by atoms with E-state index >= 15 is 0 Å². The summed E-state index contributed by atoms with van der Waals surface area (Å²) in [7, 11) is 2.51. The van der Waals surface area contributed by atoms with Crippen LogP contribution >= 0.6 is 0 Å². The summed E-state index contributed by atoms with van der Waals surface area (Å²) < 4.78 is 32.7. The second-order valence-corrected chi connectivity index (χ2v) is 18.4. The molecule has 1 unspecified atom stereocenters. The first-order valence-corrected chi connectivity index (χ1v) is 23.3. The summed E-state index contributed by atoms with van der Waals surface area (Å²) in [6, 6.07) is 17.1. The minimum Gasteiger partial charge on any atom is -0.454 e. The van der Waals surface area contributed by atoms with Gasteiger partial charge in [-0.2, -0.15) is 0 Å². The Labute approximate surface area is 404 Å². The van der Waals surface area contributed by atoms with Gasteiger partial charge < -0.3 is 58.8 Å².